The van der Waals surface area contributed by atoms with Crippen LogP contribution in [-0.4, -0.2) is 30.4 Å². The Morgan fingerprint density at radius 2 is 1.81 bits per heavy atom. The van der Waals surface area contributed by atoms with Crippen molar-refractivity contribution in [2.24, 2.45) is 11.8 Å². The Morgan fingerprint density at radius 3 is 2.39 bits per heavy atom. The molecule has 0 aromatic heterocycles. The fourth-order valence-electron chi connectivity index (χ4n) is 3.39. The SMILES string of the molecule is CCC.C\C=C/C=C(\C=C\C1CCN(CCCc2ccccc2)CC1)NC(=O)C(C)C. The van der Waals surface area contributed by atoms with Gasteiger partial charge in [0.1, 0.15) is 0 Å². The minimum atomic E-state index is -0.0125. The molecule has 1 aromatic carbocycles. The molecule has 1 aromatic rings. The van der Waals surface area contributed by atoms with E-state index in [2.05, 4.69) is 66.5 Å². The molecule has 31 heavy (non-hydrogen) atoms. The van der Waals surface area contributed by atoms with Gasteiger partial charge in [0, 0.05) is 11.6 Å². The van der Waals surface area contributed by atoms with Crippen molar-refractivity contribution in [1.29, 1.82) is 0 Å². The van der Waals surface area contributed by atoms with Crippen LogP contribution in [0.5, 0.6) is 0 Å². The van der Waals surface area contributed by atoms with E-state index in [1.54, 1.807) is 0 Å². The number of nitrogens with one attached hydrogen (secondary N) is 1. The molecule has 1 aliphatic heterocycles. The maximum Gasteiger partial charge on any atom is 0.226 e. The summed E-state index contributed by atoms with van der Waals surface area (Å²) in [6, 6.07) is 10.8. The Bertz CT molecular complexity index is 680. The number of carbonyl (C=O) groups is 1. The number of nitrogens with zero attached hydrogens (tertiary/aromatic N) is 1. The van der Waals surface area contributed by atoms with E-state index < -0.39 is 0 Å². The third-order valence-corrected chi connectivity index (χ3v) is 5.22. The number of allylic oxidation sites excluding steroid dienone is 5. The van der Waals surface area contributed by atoms with Crippen LogP contribution in [-0.2, 0) is 11.2 Å². The molecule has 0 atom stereocenters. The van der Waals surface area contributed by atoms with E-state index in [1.807, 2.05) is 39.0 Å². The third-order valence-electron chi connectivity index (χ3n) is 5.22. The first-order chi connectivity index (χ1) is 15.0. The van der Waals surface area contributed by atoms with Gasteiger partial charge in [-0.05, 0) is 75.9 Å². The third kappa shape index (κ3) is 12.3. The molecule has 1 fully saturated rings. The number of piperidine rings is 1. The van der Waals surface area contributed by atoms with Crippen molar-refractivity contribution in [2.75, 3.05) is 19.6 Å². The molecule has 0 aliphatic carbocycles. The fourth-order valence-corrected chi connectivity index (χ4v) is 3.39. The Labute approximate surface area is 191 Å². The summed E-state index contributed by atoms with van der Waals surface area (Å²) in [4.78, 5) is 14.6. The highest BCUT2D eigenvalue weighted by atomic mass is 16.1. The molecule has 1 amide bonds. The highest BCUT2D eigenvalue weighted by Gasteiger charge is 2.17. The summed E-state index contributed by atoms with van der Waals surface area (Å²) in [5.74, 6) is 0.644. The second kappa shape index (κ2) is 16.5. The summed E-state index contributed by atoms with van der Waals surface area (Å²) in [5.41, 5.74) is 2.31. The van der Waals surface area contributed by atoms with Gasteiger partial charge in [-0.3, -0.25) is 4.79 Å². The van der Waals surface area contributed by atoms with Gasteiger partial charge in [-0.1, -0.05) is 82.7 Å². The Hall–Kier alpha value is -2.13. The standard InChI is InChI=1S/C25H36N2O.C3H8/c1-4-5-13-24(26-25(28)21(2)3)15-14-23-16-19-27(20-17-23)18-9-12-22-10-7-6-8-11-22;1-3-2/h4-8,10-11,13-15,21,23H,9,12,16-20H2,1-3H3,(H,26,28);3H2,1-2H3/b5-4-,15-14+,24-13+;. The lowest BCUT2D eigenvalue weighted by Gasteiger charge is -2.30. The molecular weight excluding hydrogens is 380 g/mol. The van der Waals surface area contributed by atoms with Gasteiger partial charge < -0.3 is 10.2 Å². The van der Waals surface area contributed by atoms with Crippen LogP contribution in [0.1, 0.15) is 65.9 Å². The lowest BCUT2D eigenvalue weighted by molar-refractivity contribution is -0.123. The summed E-state index contributed by atoms with van der Waals surface area (Å²) >= 11 is 0. The van der Waals surface area contributed by atoms with Gasteiger partial charge in [0.15, 0.2) is 0 Å². The number of rotatable bonds is 9. The summed E-state index contributed by atoms with van der Waals surface area (Å²) in [6.45, 7) is 13.6. The Balaban J connectivity index is 0.00000151. The molecule has 1 heterocycles. The minimum absolute atomic E-state index is 0.0125. The zero-order valence-electron chi connectivity index (χ0n) is 20.4. The van der Waals surface area contributed by atoms with Crippen LogP contribution in [0, 0.1) is 11.8 Å². The number of likely N-dealkylation sites (tertiary alicyclic amines) is 1. The van der Waals surface area contributed by atoms with Gasteiger partial charge in [0.05, 0.1) is 0 Å². The van der Waals surface area contributed by atoms with E-state index in [-0.39, 0.29) is 11.8 Å². The summed E-state index contributed by atoms with van der Waals surface area (Å²) in [6.07, 6.45) is 16.3. The van der Waals surface area contributed by atoms with Gasteiger partial charge in [0.25, 0.3) is 0 Å². The Morgan fingerprint density at radius 1 is 1.16 bits per heavy atom. The van der Waals surface area contributed by atoms with Crippen LogP contribution in [0.2, 0.25) is 0 Å². The second-order valence-corrected chi connectivity index (χ2v) is 8.63. The molecule has 1 N–H and O–H groups in total. The van der Waals surface area contributed by atoms with E-state index in [4.69, 9.17) is 0 Å². The molecule has 0 unspecified atom stereocenters. The number of amides is 1. The largest absolute Gasteiger partial charge is 0.326 e. The number of hydrogen-bond acceptors (Lipinski definition) is 2. The maximum absolute atomic E-state index is 12.0. The predicted octanol–water partition coefficient (Wildman–Crippen LogP) is 6.54. The van der Waals surface area contributed by atoms with Crippen LogP contribution in [0.3, 0.4) is 0 Å². The van der Waals surface area contributed by atoms with E-state index >= 15 is 0 Å². The van der Waals surface area contributed by atoms with Gasteiger partial charge >= 0.3 is 0 Å². The fraction of sp³-hybridized carbons (Fsp3) is 0.536. The first-order valence-electron chi connectivity index (χ1n) is 12.1. The molecule has 3 nitrogen and oxygen atoms in total. The topological polar surface area (TPSA) is 32.3 Å². The predicted molar refractivity (Wildman–Crippen MR) is 135 cm³/mol. The highest BCUT2D eigenvalue weighted by Crippen LogP contribution is 2.19. The first kappa shape index (κ1) is 26.9. The van der Waals surface area contributed by atoms with Gasteiger partial charge in [-0.2, -0.15) is 0 Å². The average Bonchev–Trinajstić information content (AvgIpc) is 2.77. The van der Waals surface area contributed by atoms with E-state index in [9.17, 15) is 4.79 Å². The molecule has 172 valence electrons. The van der Waals surface area contributed by atoms with Gasteiger partial charge in [-0.25, -0.2) is 0 Å². The van der Waals surface area contributed by atoms with E-state index in [0.717, 1.165) is 25.2 Å². The van der Waals surface area contributed by atoms with Crippen molar-refractivity contribution in [2.45, 2.75) is 66.7 Å². The monoisotopic (exact) mass is 424 g/mol. The quantitative estimate of drug-likeness (QED) is 0.457. The van der Waals surface area contributed by atoms with Crippen LogP contribution in [0.15, 0.2) is 66.4 Å². The van der Waals surface area contributed by atoms with Crippen LogP contribution in [0.4, 0.5) is 0 Å². The lowest BCUT2D eigenvalue weighted by Crippen LogP contribution is -2.34. The number of hydrogen-bond donors (Lipinski definition) is 1. The van der Waals surface area contributed by atoms with Crippen molar-refractivity contribution in [3.8, 4) is 0 Å². The first-order valence-corrected chi connectivity index (χ1v) is 12.1. The van der Waals surface area contributed by atoms with Crippen molar-refractivity contribution >= 4 is 5.91 Å². The van der Waals surface area contributed by atoms with Crippen molar-refractivity contribution in [1.82, 2.24) is 10.2 Å². The highest BCUT2D eigenvalue weighted by molar-refractivity contribution is 5.80. The van der Waals surface area contributed by atoms with Crippen molar-refractivity contribution in [3.63, 3.8) is 0 Å². The summed E-state index contributed by atoms with van der Waals surface area (Å²) in [7, 11) is 0. The van der Waals surface area contributed by atoms with Gasteiger partial charge in [-0.15, -0.1) is 0 Å². The number of aryl methyl sites for hydroxylation is 1. The lowest BCUT2D eigenvalue weighted by atomic mass is 9.95. The normalized spacial score (nSPS) is 16.0. The number of benzene rings is 1. The zero-order valence-corrected chi connectivity index (χ0v) is 20.4. The molecule has 0 radical (unpaired) electrons. The van der Waals surface area contributed by atoms with E-state index in [0.29, 0.717) is 5.92 Å². The summed E-state index contributed by atoms with van der Waals surface area (Å²) < 4.78 is 0. The Kier molecular flexibility index (Phi) is 14.4. The molecule has 1 aliphatic rings. The smallest absolute Gasteiger partial charge is 0.226 e. The second-order valence-electron chi connectivity index (χ2n) is 8.63. The maximum atomic E-state index is 12.0. The molecule has 0 spiro atoms. The van der Waals surface area contributed by atoms with Crippen molar-refractivity contribution in [3.05, 3.63) is 72.0 Å². The van der Waals surface area contributed by atoms with E-state index in [1.165, 1.54) is 37.8 Å². The molecule has 2 rings (SSSR count). The zero-order chi connectivity index (χ0) is 22.9. The van der Waals surface area contributed by atoms with Crippen molar-refractivity contribution < 1.29 is 4.79 Å². The molecule has 1 saturated heterocycles. The van der Waals surface area contributed by atoms with Crippen LogP contribution < -0.4 is 5.32 Å². The molecular formula is C28H44N2O. The van der Waals surface area contributed by atoms with Crippen LogP contribution in [0.25, 0.3) is 0 Å². The van der Waals surface area contributed by atoms with Crippen LogP contribution >= 0.6 is 0 Å². The molecule has 0 bridgehead atoms. The summed E-state index contributed by atoms with van der Waals surface area (Å²) in [5, 5.41) is 3.02. The van der Waals surface area contributed by atoms with Gasteiger partial charge in [0.2, 0.25) is 5.91 Å². The molecule has 0 saturated carbocycles. The molecule has 3 heteroatoms. The minimum Gasteiger partial charge on any atom is -0.326 e. The average molecular weight is 425 g/mol. The number of carbonyl (C=O) groups excluding carboxylic acids is 1.